The molecule has 3 N–H and O–H groups in total. The van der Waals surface area contributed by atoms with Gasteiger partial charge in [0.25, 0.3) is 0 Å². The molecular weight excluding hydrogens is 170 g/mol. The maximum Gasteiger partial charge on any atom is 0.241 e. The van der Waals surface area contributed by atoms with Crippen LogP contribution in [0.1, 0.15) is 38.6 Å². The van der Waals surface area contributed by atoms with Gasteiger partial charge < -0.3 is 15.3 Å². The Bertz CT molecular complexity index is 277. The fourth-order valence-corrected chi connectivity index (χ4v) is 0.827. The summed E-state index contributed by atoms with van der Waals surface area (Å²) >= 11 is 0. The van der Waals surface area contributed by atoms with Crippen LogP contribution >= 0.6 is 0 Å². The summed E-state index contributed by atoms with van der Waals surface area (Å²) in [6.07, 6.45) is 0. The lowest BCUT2D eigenvalue weighted by Crippen LogP contribution is -2.26. The van der Waals surface area contributed by atoms with Crippen molar-refractivity contribution in [2.75, 3.05) is 0 Å². The Balaban J connectivity index is 2.83. The minimum absolute atomic E-state index is 0.126. The van der Waals surface area contributed by atoms with Crippen molar-refractivity contribution in [2.24, 2.45) is 11.1 Å². The van der Waals surface area contributed by atoms with Crippen LogP contribution in [0.5, 0.6) is 0 Å². The largest absolute Gasteiger partial charge is 0.421 e. The summed E-state index contributed by atoms with van der Waals surface area (Å²) in [5, 5.41) is 16.1. The topological polar surface area (TPSA) is 85.2 Å². The molecule has 1 aromatic rings. The summed E-state index contributed by atoms with van der Waals surface area (Å²) in [6, 6.07) is -0.305. The van der Waals surface area contributed by atoms with Crippen LogP contribution in [0.3, 0.4) is 0 Å². The van der Waals surface area contributed by atoms with Crippen molar-refractivity contribution in [2.45, 2.75) is 33.4 Å². The number of aromatic nitrogens is 2. The van der Waals surface area contributed by atoms with Crippen molar-refractivity contribution in [1.29, 1.82) is 0 Å². The molecule has 1 rings (SSSR count). The van der Waals surface area contributed by atoms with Crippen molar-refractivity contribution >= 4 is 0 Å². The number of aliphatic hydroxyl groups excluding tert-OH is 1. The molecule has 0 fully saturated rings. The Morgan fingerprint density at radius 1 is 1.46 bits per heavy atom. The summed E-state index contributed by atoms with van der Waals surface area (Å²) in [6.45, 7) is 5.71. The Kier molecular flexibility index (Phi) is 2.68. The van der Waals surface area contributed by atoms with Crippen LogP contribution in [-0.4, -0.2) is 15.3 Å². The monoisotopic (exact) mass is 185 g/mol. The van der Waals surface area contributed by atoms with E-state index in [2.05, 4.69) is 10.2 Å². The maximum absolute atomic E-state index is 8.70. The fourth-order valence-electron chi connectivity index (χ4n) is 0.827. The highest BCUT2D eigenvalue weighted by molar-refractivity contribution is 4.93. The van der Waals surface area contributed by atoms with Crippen LogP contribution in [0.25, 0.3) is 0 Å². The summed E-state index contributed by atoms with van der Waals surface area (Å²) in [7, 11) is 0. The van der Waals surface area contributed by atoms with E-state index in [4.69, 9.17) is 15.3 Å². The van der Waals surface area contributed by atoms with E-state index in [9.17, 15) is 0 Å². The zero-order valence-electron chi connectivity index (χ0n) is 8.11. The Hall–Kier alpha value is -0.940. The maximum atomic E-state index is 8.70. The Labute approximate surface area is 77.0 Å². The third-order valence-electron chi connectivity index (χ3n) is 1.82. The fraction of sp³-hybridized carbons (Fsp3) is 0.750. The van der Waals surface area contributed by atoms with Gasteiger partial charge >= 0.3 is 0 Å². The average Bonchev–Trinajstić information content (AvgIpc) is 2.48. The first-order valence-corrected chi connectivity index (χ1v) is 4.14. The smallest absolute Gasteiger partial charge is 0.241 e. The molecule has 0 aliphatic carbocycles. The lowest BCUT2D eigenvalue weighted by atomic mass is 9.87. The van der Waals surface area contributed by atoms with E-state index in [1.165, 1.54) is 0 Å². The first-order valence-electron chi connectivity index (χ1n) is 4.14. The van der Waals surface area contributed by atoms with E-state index >= 15 is 0 Å². The number of hydrogen-bond donors (Lipinski definition) is 2. The zero-order valence-corrected chi connectivity index (χ0v) is 8.11. The minimum atomic E-state index is -0.305. The summed E-state index contributed by atoms with van der Waals surface area (Å²) in [4.78, 5) is 0. The van der Waals surface area contributed by atoms with E-state index in [0.29, 0.717) is 5.89 Å². The molecule has 1 unspecified atom stereocenters. The number of rotatable bonds is 2. The molecule has 5 nitrogen and oxygen atoms in total. The molecule has 0 amide bonds. The molecular formula is C8H15N3O2. The molecule has 0 bridgehead atoms. The lowest BCUT2D eigenvalue weighted by molar-refractivity contribution is 0.221. The van der Waals surface area contributed by atoms with Gasteiger partial charge in [-0.05, 0) is 5.41 Å². The second-order valence-electron chi connectivity index (χ2n) is 4.04. The third-order valence-corrected chi connectivity index (χ3v) is 1.82. The van der Waals surface area contributed by atoms with E-state index in [1.807, 2.05) is 20.8 Å². The number of aliphatic hydroxyl groups is 1. The molecule has 1 heterocycles. The average molecular weight is 185 g/mol. The third kappa shape index (κ3) is 2.26. The van der Waals surface area contributed by atoms with Crippen molar-refractivity contribution in [1.82, 2.24) is 10.2 Å². The van der Waals surface area contributed by atoms with Gasteiger partial charge in [0.05, 0.1) is 6.04 Å². The first-order chi connectivity index (χ1) is 5.95. The van der Waals surface area contributed by atoms with Crippen LogP contribution in [0.4, 0.5) is 0 Å². The van der Waals surface area contributed by atoms with Crippen LogP contribution < -0.4 is 5.73 Å². The van der Waals surface area contributed by atoms with Gasteiger partial charge in [0.1, 0.15) is 6.61 Å². The van der Waals surface area contributed by atoms with Crippen molar-refractivity contribution < 1.29 is 9.52 Å². The van der Waals surface area contributed by atoms with Crippen LogP contribution in [0.15, 0.2) is 4.42 Å². The van der Waals surface area contributed by atoms with Gasteiger partial charge in [0.15, 0.2) is 0 Å². The van der Waals surface area contributed by atoms with Crippen LogP contribution in [-0.2, 0) is 6.61 Å². The van der Waals surface area contributed by atoms with Crippen LogP contribution in [0.2, 0.25) is 0 Å². The molecule has 5 heteroatoms. The van der Waals surface area contributed by atoms with E-state index in [1.54, 1.807) is 0 Å². The van der Waals surface area contributed by atoms with Gasteiger partial charge in [-0.2, -0.15) is 0 Å². The highest BCUT2D eigenvalue weighted by atomic mass is 16.4. The van der Waals surface area contributed by atoms with Crippen molar-refractivity contribution in [3.8, 4) is 0 Å². The lowest BCUT2D eigenvalue weighted by Gasteiger charge is -2.23. The molecule has 1 atom stereocenters. The highest BCUT2D eigenvalue weighted by Crippen LogP contribution is 2.29. The quantitative estimate of drug-likeness (QED) is 0.705. The molecule has 0 saturated carbocycles. The summed E-state index contributed by atoms with van der Waals surface area (Å²) in [5.41, 5.74) is 5.74. The highest BCUT2D eigenvalue weighted by Gasteiger charge is 2.27. The number of hydrogen-bond acceptors (Lipinski definition) is 5. The molecule has 0 saturated heterocycles. The van der Waals surface area contributed by atoms with Gasteiger partial charge in [-0.3, -0.25) is 0 Å². The predicted molar refractivity (Wildman–Crippen MR) is 46.6 cm³/mol. The molecule has 13 heavy (non-hydrogen) atoms. The Morgan fingerprint density at radius 2 is 2.08 bits per heavy atom. The molecule has 1 aromatic heterocycles. The normalized spacial score (nSPS) is 14.5. The van der Waals surface area contributed by atoms with Gasteiger partial charge in [0.2, 0.25) is 11.8 Å². The minimum Gasteiger partial charge on any atom is -0.421 e. The molecule has 0 aliphatic rings. The first kappa shape index (κ1) is 10.1. The van der Waals surface area contributed by atoms with E-state index in [-0.39, 0.29) is 24.0 Å². The number of nitrogens with two attached hydrogens (primary N) is 1. The molecule has 0 radical (unpaired) electrons. The van der Waals surface area contributed by atoms with Gasteiger partial charge in [-0.25, -0.2) is 0 Å². The Morgan fingerprint density at radius 3 is 2.46 bits per heavy atom. The molecule has 0 aliphatic heterocycles. The zero-order chi connectivity index (χ0) is 10.1. The van der Waals surface area contributed by atoms with Gasteiger partial charge in [-0.15, -0.1) is 10.2 Å². The molecule has 0 aromatic carbocycles. The molecule has 0 spiro atoms. The SMILES string of the molecule is CC(C)(C)C(N)c1nnc(CO)o1. The second-order valence-corrected chi connectivity index (χ2v) is 4.04. The van der Waals surface area contributed by atoms with E-state index < -0.39 is 0 Å². The van der Waals surface area contributed by atoms with Gasteiger partial charge in [0, 0.05) is 0 Å². The van der Waals surface area contributed by atoms with Gasteiger partial charge in [-0.1, -0.05) is 20.8 Å². The standard InChI is InChI=1S/C8H15N3O2/c1-8(2,3)6(9)7-11-10-5(4-12)13-7/h6,12H,4,9H2,1-3H3. The van der Waals surface area contributed by atoms with Crippen LogP contribution in [0, 0.1) is 5.41 Å². The number of nitrogens with zero attached hydrogens (tertiary/aromatic N) is 2. The summed E-state index contributed by atoms with van der Waals surface area (Å²) < 4.78 is 5.12. The molecule has 74 valence electrons. The van der Waals surface area contributed by atoms with Crippen molar-refractivity contribution in [3.05, 3.63) is 11.8 Å². The summed E-state index contributed by atoms with van der Waals surface area (Å²) in [5.74, 6) is 0.575. The second kappa shape index (κ2) is 3.43. The predicted octanol–water partition coefficient (Wildman–Crippen LogP) is 0.608. The van der Waals surface area contributed by atoms with E-state index in [0.717, 1.165) is 0 Å². The van der Waals surface area contributed by atoms with Crippen molar-refractivity contribution in [3.63, 3.8) is 0 Å².